The van der Waals surface area contributed by atoms with E-state index in [0.29, 0.717) is 12.0 Å². The summed E-state index contributed by atoms with van der Waals surface area (Å²) in [5, 5.41) is 2.85. The Morgan fingerprint density at radius 1 is 1.16 bits per heavy atom. The molecule has 2 fully saturated rings. The molecule has 1 N–H and O–H groups in total. The highest BCUT2D eigenvalue weighted by Crippen LogP contribution is 2.50. The molecule has 1 aliphatic heterocycles. The van der Waals surface area contributed by atoms with Crippen molar-refractivity contribution in [2.24, 2.45) is 17.3 Å². The second-order valence-corrected chi connectivity index (χ2v) is 11.8. The molecule has 2 aromatic rings. The quantitative estimate of drug-likeness (QED) is 0.426. The Morgan fingerprint density at radius 2 is 1.92 bits per heavy atom. The molecule has 0 bridgehead atoms. The molecule has 3 aliphatic rings. The van der Waals surface area contributed by atoms with E-state index < -0.39 is 23.0 Å². The second kappa shape index (κ2) is 9.82. The summed E-state index contributed by atoms with van der Waals surface area (Å²) in [4.78, 5) is 16.1. The fraction of sp³-hybridized carbons (Fsp3) is 0.516. The van der Waals surface area contributed by atoms with Gasteiger partial charge in [0.15, 0.2) is 0 Å². The number of hydrogen-bond donors (Lipinski definition) is 1. The van der Waals surface area contributed by atoms with Crippen LogP contribution < -0.4 is 5.32 Å². The van der Waals surface area contributed by atoms with Crippen LogP contribution >= 0.6 is 0 Å². The standard InChI is InChI=1S/C31H36F4N2O/c1-20(2)30(28(38)36-18-22-14-24(31(33,34)35)16-25(32)15-22)11-9-26(17-30)37-13-12-29(21(3)19-37)10-8-23-6-4-5-7-27(23)29/h4-8,10,14-16,20-21,26H,9,11-13,17-19H2,1-3H3,(H,36,38)/t21?,26?,29-,30-/m0/s1. The number of rotatable bonds is 5. The van der Waals surface area contributed by atoms with Crippen molar-refractivity contribution >= 4 is 12.0 Å². The molecular formula is C31H36F4N2O. The van der Waals surface area contributed by atoms with Crippen molar-refractivity contribution in [3.05, 3.63) is 76.6 Å². The minimum absolute atomic E-state index is 0.0679. The van der Waals surface area contributed by atoms with Crippen LogP contribution in [-0.2, 0) is 22.9 Å². The van der Waals surface area contributed by atoms with Crippen LogP contribution in [0.2, 0.25) is 0 Å². The molecule has 3 nitrogen and oxygen atoms in total. The first-order chi connectivity index (χ1) is 17.9. The molecule has 7 heteroatoms. The van der Waals surface area contributed by atoms with Crippen molar-refractivity contribution in [3.63, 3.8) is 0 Å². The summed E-state index contributed by atoms with van der Waals surface area (Å²) >= 11 is 0. The highest BCUT2D eigenvalue weighted by atomic mass is 19.4. The Hall–Kier alpha value is -2.67. The van der Waals surface area contributed by atoms with E-state index in [1.54, 1.807) is 0 Å². The van der Waals surface area contributed by atoms with Crippen LogP contribution in [0.3, 0.4) is 0 Å². The second-order valence-electron chi connectivity index (χ2n) is 11.8. The zero-order chi connectivity index (χ0) is 27.3. The first-order valence-electron chi connectivity index (χ1n) is 13.6. The van der Waals surface area contributed by atoms with Crippen LogP contribution in [0.25, 0.3) is 6.08 Å². The molecule has 1 saturated carbocycles. The summed E-state index contributed by atoms with van der Waals surface area (Å²) in [6.07, 6.45) is 3.41. The van der Waals surface area contributed by atoms with Crippen molar-refractivity contribution in [3.8, 4) is 0 Å². The van der Waals surface area contributed by atoms with E-state index in [2.05, 4.69) is 53.6 Å². The Kier molecular flexibility index (Phi) is 6.95. The number of nitrogens with zero attached hydrogens (tertiary/aromatic N) is 1. The number of hydrogen-bond acceptors (Lipinski definition) is 2. The van der Waals surface area contributed by atoms with Crippen molar-refractivity contribution in [2.45, 2.75) is 70.6 Å². The van der Waals surface area contributed by atoms with E-state index >= 15 is 0 Å². The zero-order valence-corrected chi connectivity index (χ0v) is 22.2. The van der Waals surface area contributed by atoms with Gasteiger partial charge in [-0.15, -0.1) is 0 Å². The largest absolute Gasteiger partial charge is 0.416 e. The maximum atomic E-state index is 13.8. The van der Waals surface area contributed by atoms with Gasteiger partial charge >= 0.3 is 6.18 Å². The number of allylic oxidation sites excluding steroid dienone is 1. The first kappa shape index (κ1) is 26.9. The number of halogens is 4. The topological polar surface area (TPSA) is 32.3 Å². The molecule has 2 aliphatic carbocycles. The predicted molar refractivity (Wildman–Crippen MR) is 141 cm³/mol. The van der Waals surface area contributed by atoms with Gasteiger partial charge in [0.05, 0.1) is 11.0 Å². The fourth-order valence-corrected chi connectivity index (χ4v) is 7.18. The van der Waals surface area contributed by atoms with Gasteiger partial charge in [0.1, 0.15) is 5.82 Å². The minimum atomic E-state index is -4.64. The third-order valence-electron chi connectivity index (χ3n) is 9.56. The van der Waals surface area contributed by atoms with E-state index in [0.717, 1.165) is 50.9 Å². The summed E-state index contributed by atoms with van der Waals surface area (Å²) in [5.74, 6) is -0.596. The average Bonchev–Trinajstić information content (AvgIpc) is 3.48. The Morgan fingerprint density at radius 3 is 2.63 bits per heavy atom. The van der Waals surface area contributed by atoms with Crippen LogP contribution in [0.1, 0.15) is 68.7 Å². The molecule has 5 rings (SSSR count). The number of nitrogens with one attached hydrogen (secondary N) is 1. The molecule has 1 saturated heterocycles. The monoisotopic (exact) mass is 528 g/mol. The number of alkyl halides is 3. The van der Waals surface area contributed by atoms with Crippen LogP contribution in [0.4, 0.5) is 17.6 Å². The van der Waals surface area contributed by atoms with E-state index in [1.807, 2.05) is 13.8 Å². The van der Waals surface area contributed by atoms with Crippen LogP contribution in [0.15, 0.2) is 48.5 Å². The lowest BCUT2D eigenvalue weighted by molar-refractivity contribution is -0.137. The number of carbonyl (C=O) groups is 1. The normalized spacial score (nSPS) is 29.3. The van der Waals surface area contributed by atoms with Crippen LogP contribution in [0.5, 0.6) is 0 Å². The minimum Gasteiger partial charge on any atom is -0.352 e. The molecule has 1 spiro atoms. The Bertz CT molecular complexity index is 1240. The summed E-state index contributed by atoms with van der Waals surface area (Å²) in [5.41, 5.74) is 1.27. The molecule has 0 aromatic heterocycles. The fourth-order valence-electron chi connectivity index (χ4n) is 7.18. The first-order valence-corrected chi connectivity index (χ1v) is 13.6. The Balaban J connectivity index is 1.26. The maximum Gasteiger partial charge on any atom is 0.416 e. The molecule has 4 atom stereocenters. The van der Waals surface area contributed by atoms with Gasteiger partial charge in [-0.05, 0) is 79.0 Å². The molecule has 1 amide bonds. The molecule has 2 aromatic carbocycles. The number of fused-ring (bicyclic) bond motifs is 2. The van der Waals surface area contributed by atoms with E-state index in [4.69, 9.17) is 0 Å². The summed E-state index contributed by atoms with van der Waals surface area (Å²) in [6.45, 7) is 8.20. The smallest absolute Gasteiger partial charge is 0.352 e. The summed E-state index contributed by atoms with van der Waals surface area (Å²) in [6, 6.07) is 11.4. The highest BCUT2D eigenvalue weighted by molar-refractivity contribution is 5.83. The lowest BCUT2D eigenvalue weighted by Gasteiger charge is -2.47. The van der Waals surface area contributed by atoms with Gasteiger partial charge in [-0.2, -0.15) is 13.2 Å². The molecule has 204 valence electrons. The number of likely N-dealkylation sites (tertiary alicyclic amines) is 1. The highest BCUT2D eigenvalue weighted by Gasteiger charge is 2.51. The maximum absolute atomic E-state index is 13.8. The number of piperidine rings is 1. The van der Waals surface area contributed by atoms with Gasteiger partial charge in [-0.25, -0.2) is 4.39 Å². The molecule has 38 heavy (non-hydrogen) atoms. The van der Waals surface area contributed by atoms with Crippen molar-refractivity contribution in [1.29, 1.82) is 0 Å². The Labute approximate surface area is 222 Å². The van der Waals surface area contributed by atoms with E-state index in [9.17, 15) is 22.4 Å². The number of carbonyl (C=O) groups excluding carboxylic acids is 1. The molecule has 1 heterocycles. The van der Waals surface area contributed by atoms with Crippen molar-refractivity contribution in [1.82, 2.24) is 10.2 Å². The van der Waals surface area contributed by atoms with Gasteiger partial charge in [-0.1, -0.05) is 57.2 Å². The summed E-state index contributed by atoms with van der Waals surface area (Å²) in [7, 11) is 0. The van der Waals surface area contributed by atoms with Gasteiger partial charge in [-0.3, -0.25) is 9.69 Å². The number of benzene rings is 2. The average molecular weight is 529 g/mol. The summed E-state index contributed by atoms with van der Waals surface area (Å²) < 4.78 is 53.2. The van der Waals surface area contributed by atoms with E-state index in [1.165, 1.54) is 11.1 Å². The molecular weight excluding hydrogens is 492 g/mol. The predicted octanol–water partition coefficient (Wildman–Crippen LogP) is 6.96. The van der Waals surface area contributed by atoms with E-state index in [-0.39, 0.29) is 35.4 Å². The lowest BCUT2D eigenvalue weighted by atomic mass is 9.67. The van der Waals surface area contributed by atoms with Gasteiger partial charge < -0.3 is 5.32 Å². The van der Waals surface area contributed by atoms with Gasteiger partial charge in [0.25, 0.3) is 0 Å². The van der Waals surface area contributed by atoms with Crippen molar-refractivity contribution in [2.75, 3.05) is 13.1 Å². The lowest BCUT2D eigenvalue weighted by Crippen LogP contribution is -2.51. The number of amides is 1. The van der Waals surface area contributed by atoms with Crippen molar-refractivity contribution < 1.29 is 22.4 Å². The van der Waals surface area contributed by atoms with Gasteiger partial charge in [0, 0.05) is 24.5 Å². The third-order valence-corrected chi connectivity index (χ3v) is 9.56. The zero-order valence-electron chi connectivity index (χ0n) is 22.2. The molecule has 2 unspecified atom stereocenters. The SMILES string of the molecule is CC(C)[C@]1(C(=O)NCc2cc(F)cc(C(F)(F)F)c2)CCC(N2CC[C@@]3(C=Cc4ccccc43)C(C)C2)C1. The molecule has 0 radical (unpaired) electrons. The van der Waals surface area contributed by atoms with Crippen LogP contribution in [-0.4, -0.2) is 29.9 Å². The van der Waals surface area contributed by atoms with Gasteiger partial charge in [0.2, 0.25) is 5.91 Å². The third kappa shape index (κ3) is 4.67. The van der Waals surface area contributed by atoms with Crippen LogP contribution in [0, 0.1) is 23.1 Å².